The molecule has 1 atom stereocenters. The number of benzene rings is 2. The molecule has 0 radical (unpaired) electrons. The van der Waals surface area contributed by atoms with E-state index < -0.39 is 0 Å². The molecule has 2 aromatic rings. The van der Waals surface area contributed by atoms with Crippen LogP contribution in [0.4, 0.5) is 11.4 Å². The highest BCUT2D eigenvalue weighted by atomic mass is 15.1. The standard InChI is InChI=1S/C18H22N2/c1-14-7-9-17(10-8-14)20-13-15(12-19-2)11-16-5-3-4-6-18(16)20/h3-10,15,19H,11-13H2,1-2H3. The van der Waals surface area contributed by atoms with E-state index in [0.29, 0.717) is 5.92 Å². The molecule has 0 aromatic heterocycles. The summed E-state index contributed by atoms with van der Waals surface area (Å²) in [5.41, 5.74) is 5.43. The van der Waals surface area contributed by atoms with Crippen LogP contribution in [-0.2, 0) is 6.42 Å². The predicted octanol–water partition coefficient (Wildman–Crippen LogP) is 3.52. The van der Waals surface area contributed by atoms with Crippen LogP contribution >= 0.6 is 0 Å². The van der Waals surface area contributed by atoms with Gasteiger partial charge in [-0.1, -0.05) is 35.9 Å². The van der Waals surface area contributed by atoms with Crippen molar-refractivity contribution in [3.63, 3.8) is 0 Å². The van der Waals surface area contributed by atoms with E-state index in [1.54, 1.807) is 0 Å². The first-order chi connectivity index (χ1) is 9.78. The van der Waals surface area contributed by atoms with Gasteiger partial charge in [-0.2, -0.15) is 0 Å². The van der Waals surface area contributed by atoms with Crippen molar-refractivity contribution in [3.05, 3.63) is 59.7 Å². The molecule has 0 saturated heterocycles. The van der Waals surface area contributed by atoms with E-state index in [1.165, 1.54) is 28.9 Å². The molecular weight excluding hydrogens is 244 g/mol. The van der Waals surface area contributed by atoms with E-state index in [9.17, 15) is 0 Å². The Morgan fingerprint density at radius 1 is 1.10 bits per heavy atom. The van der Waals surface area contributed by atoms with Crippen LogP contribution in [0, 0.1) is 12.8 Å². The molecule has 1 unspecified atom stereocenters. The Hall–Kier alpha value is -1.80. The number of para-hydroxylation sites is 1. The van der Waals surface area contributed by atoms with Crippen molar-refractivity contribution in [2.75, 3.05) is 25.0 Å². The van der Waals surface area contributed by atoms with Crippen LogP contribution in [0.15, 0.2) is 48.5 Å². The number of anilines is 2. The first kappa shape index (κ1) is 13.2. The van der Waals surface area contributed by atoms with E-state index in [0.717, 1.165) is 13.1 Å². The first-order valence-corrected chi connectivity index (χ1v) is 7.34. The molecular formula is C18H22N2. The second-order valence-electron chi connectivity index (χ2n) is 5.70. The summed E-state index contributed by atoms with van der Waals surface area (Å²) in [4.78, 5) is 2.46. The fourth-order valence-electron chi connectivity index (χ4n) is 3.07. The minimum atomic E-state index is 0.663. The SMILES string of the molecule is CNCC1Cc2ccccc2N(c2ccc(C)cc2)C1. The van der Waals surface area contributed by atoms with E-state index in [2.05, 4.69) is 65.7 Å². The molecule has 1 heterocycles. The van der Waals surface area contributed by atoms with Crippen molar-refractivity contribution in [3.8, 4) is 0 Å². The average Bonchev–Trinajstić information content (AvgIpc) is 2.48. The van der Waals surface area contributed by atoms with Crippen LogP contribution in [0.5, 0.6) is 0 Å². The zero-order chi connectivity index (χ0) is 13.9. The third-order valence-corrected chi connectivity index (χ3v) is 4.07. The van der Waals surface area contributed by atoms with E-state index in [4.69, 9.17) is 0 Å². The molecule has 0 aliphatic carbocycles. The van der Waals surface area contributed by atoms with Gasteiger partial charge < -0.3 is 10.2 Å². The third-order valence-electron chi connectivity index (χ3n) is 4.07. The topological polar surface area (TPSA) is 15.3 Å². The van der Waals surface area contributed by atoms with Crippen LogP contribution in [0.3, 0.4) is 0 Å². The van der Waals surface area contributed by atoms with Crippen LogP contribution < -0.4 is 10.2 Å². The van der Waals surface area contributed by atoms with Gasteiger partial charge in [0.1, 0.15) is 0 Å². The van der Waals surface area contributed by atoms with Crippen molar-refractivity contribution in [2.45, 2.75) is 13.3 Å². The number of fused-ring (bicyclic) bond motifs is 1. The Kier molecular flexibility index (Phi) is 3.75. The van der Waals surface area contributed by atoms with Gasteiger partial charge in [-0.05, 0) is 56.6 Å². The molecule has 2 heteroatoms. The quantitative estimate of drug-likeness (QED) is 0.914. The maximum Gasteiger partial charge on any atom is 0.0443 e. The van der Waals surface area contributed by atoms with Gasteiger partial charge in [-0.15, -0.1) is 0 Å². The molecule has 1 aliphatic heterocycles. The van der Waals surface area contributed by atoms with Gasteiger partial charge in [0.15, 0.2) is 0 Å². The number of aryl methyl sites for hydroxylation is 1. The van der Waals surface area contributed by atoms with Crippen molar-refractivity contribution in [1.29, 1.82) is 0 Å². The maximum absolute atomic E-state index is 3.32. The molecule has 2 nitrogen and oxygen atoms in total. The molecule has 0 spiro atoms. The lowest BCUT2D eigenvalue weighted by Gasteiger charge is -2.36. The van der Waals surface area contributed by atoms with Crippen molar-refractivity contribution in [1.82, 2.24) is 5.32 Å². The van der Waals surface area contributed by atoms with Crippen molar-refractivity contribution in [2.24, 2.45) is 5.92 Å². The van der Waals surface area contributed by atoms with Crippen LogP contribution in [-0.4, -0.2) is 20.1 Å². The summed E-state index contributed by atoms with van der Waals surface area (Å²) in [7, 11) is 2.04. The van der Waals surface area contributed by atoms with Gasteiger partial charge in [0, 0.05) is 17.9 Å². The lowest BCUT2D eigenvalue weighted by Crippen LogP contribution is -2.36. The molecule has 104 valence electrons. The van der Waals surface area contributed by atoms with Gasteiger partial charge in [-0.3, -0.25) is 0 Å². The zero-order valence-corrected chi connectivity index (χ0v) is 12.3. The molecule has 0 fully saturated rings. The Labute approximate surface area is 121 Å². The maximum atomic E-state index is 3.32. The molecule has 2 aromatic carbocycles. The number of hydrogen-bond donors (Lipinski definition) is 1. The van der Waals surface area contributed by atoms with Crippen LogP contribution in [0.25, 0.3) is 0 Å². The van der Waals surface area contributed by atoms with Crippen LogP contribution in [0.1, 0.15) is 11.1 Å². The molecule has 20 heavy (non-hydrogen) atoms. The summed E-state index contributed by atoms with van der Waals surface area (Å²) in [6.45, 7) is 4.29. The lowest BCUT2D eigenvalue weighted by atomic mass is 9.92. The van der Waals surface area contributed by atoms with Gasteiger partial charge >= 0.3 is 0 Å². The highest BCUT2D eigenvalue weighted by Gasteiger charge is 2.24. The molecule has 1 aliphatic rings. The van der Waals surface area contributed by atoms with Gasteiger partial charge in [0.25, 0.3) is 0 Å². The van der Waals surface area contributed by atoms with Crippen LogP contribution in [0.2, 0.25) is 0 Å². The summed E-state index contributed by atoms with van der Waals surface area (Å²) in [5.74, 6) is 0.663. The first-order valence-electron chi connectivity index (χ1n) is 7.34. The molecule has 3 rings (SSSR count). The largest absolute Gasteiger partial charge is 0.341 e. The zero-order valence-electron chi connectivity index (χ0n) is 12.3. The van der Waals surface area contributed by atoms with E-state index in [1.807, 2.05) is 7.05 Å². The summed E-state index contributed by atoms with van der Waals surface area (Å²) in [6, 6.07) is 17.6. The highest BCUT2D eigenvalue weighted by Crippen LogP contribution is 2.35. The molecule has 1 N–H and O–H groups in total. The number of rotatable bonds is 3. The molecule has 0 saturated carbocycles. The molecule has 0 bridgehead atoms. The van der Waals surface area contributed by atoms with Gasteiger partial charge in [-0.25, -0.2) is 0 Å². The third kappa shape index (κ3) is 2.56. The minimum absolute atomic E-state index is 0.663. The Bertz CT molecular complexity index is 574. The molecule has 0 amide bonds. The summed E-state index contributed by atoms with van der Waals surface area (Å²) in [5, 5.41) is 3.32. The second-order valence-corrected chi connectivity index (χ2v) is 5.70. The van der Waals surface area contributed by atoms with Gasteiger partial charge in [0.2, 0.25) is 0 Å². The number of nitrogens with zero attached hydrogens (tertiary/aromatic N) is 1. The average molecular weight is 266 g/mol. The fourth-order valence-corrected chi connectivity index (χ4v) is 3.07. The number of nitrogens with one attached hydrogen (secondary N) is 1. The monoisotopic (exact) mass is 266 g/mol. The predicted molar refractivity (Wildman–Crippen MR) is 85.7 cm³/mol. The number of hydrogen-bond acceptors (Lipinski definition) is 2. The van der Waals surface area contributed by atoms with Crippen molar-refractivity contribution < 1.29 is 0 Å². The normalized spacial score (nSPS) is 17.9. The summed E-state index contributed by atoms with van der Waals surface area (Å²) < 4.78 is 0. The smallest absolute Gasteiger partial charge is 0.0443 e. The minimum Gasteiger partial charge on any atom is -0.341 e. The van der Waals surface area contributed by atoms with Gasteiger partial charge in [0.05, 0.1) is 0 Å². The summed E-state index contributed by atoms with van der Waals surface area (Å²) in [6.07, 6.45) is 1.17. The Morgan fingerprint density at radius 3 is 2.60 bits per heavy atom. The van der Waals surface area contributed by atoms with E-state index in [-0.39, 0.29) is 0 Å². The van der Waals surface area contributed by atoms with Crippen molar-refractivity contribution >= 4 is 11.4 Å². The second kappa shape index (κ2) is 5.68. The highest BCUT2D eigenvalue weighted by molar-refractivity contribution is 5.68. The summed E-state index contributed by atoms with van der Waals surface area (Å²) >= 11 is 0. The Balaban J connectivity index is 1.98. The Morgan fingerprint density at radius 2 is 1.85 bits per heavy atom. The fraction of sp³-hybridized carbons (Fsp3) is 0.333. The lowest BCUT2D eigenvalue weighted by molar-refractivity contribution is 0.487. The van der Waals surface area contributed by atoms with E-state index >= 15 is 0 Å².